The summed E-state index contributed by atoms with van der Waals surface area (Å²) in [4.78, 5) is 10.7. The Morgan fingerprint density at radius 2 is 2.09 bits per heavy atom. The van der Waals surface area contributed by atoms with Crippen LogP contribution in [0, 0.1) is 0 Å². The van der Waals surface area contributed by atoms with Gasteiger partial charge in [0.1, 0.15) is 10.6 Å². The molecule has 0 amide bonds. The molecule has 1 aliphatic rings. The fraction of sp³-hybridized carbons (Fsp3) is 0.417. The molecule has 2 N–H and O–H groups in total. The lowest BCUT2D eigenvalue weighted by molar-refractivity contribution is 0.0696. The summed E-state index contributed by atoms with van der Waals surface area (Å²) in [6.45, 7) is 0. The van der Waals surface area contributed by atoms with E-state index in [1.165, 1.54) is 7.11 Å². The number of carboxylic acid groups (broad SMARTS) is 1. The molecule has 1 aromatic rings. The van der Waals surface area contributed by atoms with Crippen molar-refractivity contribution in [3.63, 3.8) is 0 Å². The normalized spacial score (nSPS) is 20.7. The van der Waals surface area contributed by atoms with E-state index in [4.69, 9.17) is 9.84 Å². The molecule has 10 heteroatoms. The van der Waals surface area contributed by atoms with Crippen LogP contribution in [0.25, 0.3) is 0 Å². The summed E-state index contributed by atoms with van der Waals surface area (Å²) in [6, 6.07) is 2.67. The Kier molecular flexibility index (Phi) is 4.45. The van der Waals surface area contributed by atoms with Crippen LogP contribution in [0.2, 0.25) is 0 Å². The van der Waals surface area contributed by atoms with Gasteiger partial charge in [-0.25, -0.2) is 26.4 Å². The maximum Gasteiger partial charge on any atom is 0.335 e. The van der Waals surface area contributed by atoms with E-state index in [1.54, 1.807) is 0 Å². The first-order valence-corrected chi connectivity index (χ1v) is 9.59. The van der Waals surface area contributed by atoms with Crippen molar-refractivity contribution in [2.75, 3.05) is 18.6 Å². The van der Waals surface area contributed by atoms with Gasteiger partial charge in [-0.3, -0.25) is 0 Å². The molecule has 22 heavy (non-hydrogen) atoms. The van der Waals surface area contributed by atoms with Crippen LogP contribution in [0.15, 0.2) is 23.1 Å². The van der Waals surface area contributed by atoms with Crippen LogP contribution < -0.4 is 9.46 Å². The van der Waals surface area contributed by atoms with Gasteiger partial charge in [0.2, 0.25) is 10.0 Å². The quantitative estimate of drug-likeness (QED) is 0.757. The summed E-state index contributed by atoms with van der Waals surface area (Å²) in [7, 11) is -6.01. The minimum absolute atomic E-state index is 0.0602. The molecule has 1 heterocycles. The van der Waals surface area contributed by atoms with Crippen molar-refractivity contribution in [1.29, 1.82) is 0 Å². The first-order valence-electron chi connectivity index (χ1n) is 6.29. The van der Waals surface area contributed by atoms with Gasteiger partial charge in [-0.05, 0) is 24.6 Å². The van der Waals surface area contributed by atoms with E-state index < -0.39 is 31.9 Å². The summed E-state index contributed by atoms with van der Waals surface area (Å²) in [5, 5.41) is 8.90. The predicted octanol–water partition coefficient (Wildman–Crippen LogP) is -0.141. The highest BCUT2D eigenvalue weighted by Crippen LogP contribution is 2.26. The molecule has 1 aromatic carbocycles. The van der Waals surface area contributed by atoms with E-state index in [0.717, 1.165) is 18.2 Å². The van der Waals surface area contributed by atoms with Gasteiger partial charge < -0.3 is 9.84 Å². The molecule has 122 valence electrons. The molecule has 1 saturated heterocycles. The Morgan fingerprint density at radius 3 is 2.59 bits per heavy atom. The lowest BCUT2D eigenvalue weighted by Gasteiger charge is -2.14. The van der Waals surface area contributed by atoms with Gasteiger partial charge in [-0.2, -0.15) is 0 Å². The van der Waals surface area contributed by atoms with Crippen molar-refractivity contribution >= 4 is 25.8 Å². The van der Waals surface area contributed by atoms with E-state index >= 15 is 0 Å². The minimum Gasteiger partial charge on any atom is -0.495 e. The third-order valence-corrected chi connectivity index (χ3v) is 6.58. The van der Waals surface area contributed by atoms with Gasteiger partial charge in [-0.1, -0.05) is 0 Å². The van der Waals surface area contributed by atoms with Crippen LogP contribution in [0.1, 0.15) is 16.8 Å². The Hall–Kier alpha value is -1.65. The second-order valence-electron chi connectivity index (χ2n) is 4.89. The Bertz CT molecular complexity index is 799. The van der Waals surface area contributed by atoms with Gasteiger partial charge in [0, 0.05) is 6.04 Å². The molecule has 1 atom stereocenters. The molecule has 1 aliphatic heterocycles. The number of ether oxygens (including phenoxy) is 1. The first-order chi connectivity index (χ1) is 10.1. The van der Waals surface area contributed by atoms with Gasteiger partial charge in [0.15, 0.2) is 9.84 Å². The van der Waals surface area contributed by atoms with Crippen LogP contribution in [-0.2, 0) is 19.9 Å². The number of sulfonamides is 1. The Labute approximate surface area is 128 Å². The molecular formula is C12H15NO7S2. The number of aromatic carboxylic acids is 1. The van der Waals surface area contributed by atoms with E-state index in [2.05, 4.69) is 4.72 Å². The zero-order valence-corrected chi connectivity index (χ0v) is 13.3. The number of hydrogen-bond acceptors (Lipinski definition) is 6. The van der Waals surface area contributed by atoms with Crippen LogP contribution in [0.3, 0.4) is 0 Å². The largest absolute Gasteiger partial charge is 0.495 e. The molecule has 0 saturated carbocycles. The van der Waals surface area contributed by atoms with Crippen molar-refractivity contribution in [1.82, 2.24) is 4.72 Å². The standard InChI is InChI=1S/C12H15NO7S2/c1-20-10-6-8(12(14)15)2-3-11(10)22(18,19)13-9-4-5-21(16,17)7-9/h2-3,6,9,13H,4-5,7H2,1H3,(H,14,15). The van der Waals surface area contributed by atoms with E-state index in [1.807, 2.05) is 0 Å². The topological polar surface area (TPSA) is 127 Å². The van der Waals surface area contributed by atoms with Crippen LogP contribution in [0.5, 0.6) is 5.75 Å². The minimum atomic E-state index is -4.01. The second kappa shape index (κ2) is 5.86. The number of carbonyl (C=O) groups is 1. The Morgan fingerprint density at radius 1 is 1.41 bits per heavy atom. The van der Waals surface area contributed by atoms with E-state index in [-0.39, 0.29) is 34.1 Å². The second-order valence-corrected chi connectivity index (χ2v) is 8.80. The summed E-state index contributed by atoms with van der Waals surface area (Å²) >= 11 is 0. The molecular weight excluding hydrogens is 334 g/mol. The van der Waals surface area contributed by atoms with E-state index in [9.17, 15) is 21.6 Å². The highest BCUT2D eigenvalue weighted by Gasteiger charge is 2.32. The highest BCUT2D eigenvalue weighted by molar-refractivity contribution is 7.92. The first kappa shape index (κ1) is 16.7. The number of hydrogen-bond donors (Lipinski definition) is 2. The monoisotopic (exact) mass is 349 g/mol. The smallest absolute Gasteiger partial charge is 0.335 e. The SMILES string of the molecule is COc1cc(C(=O)O)ccc1S(=O)(=O)NC1CCS(=O)(=O)C1. The van der Waals surface area contributed by atoms with Crippen molar-refractivity contribution < 1.29 is 31.5 Å². The number of rotatable bonds is 5. The summed E-state index contributed by atoms with van der Waals surface area (Å²) in [5.74, 6) is -1.64. The van der Waals surface area contributed by atoms with Crippen LogP contribution >= 0.6 is 0 Å². The van der Waals surface area contributed by atoms with Crippen LogP contribution in [-0.4, -0.2) is 52.6 Å². The molecule has 0 spiro atoms. The molecule has 0 aromatic heterocycles. The number of methoxy groups -OCH3 is 1. The third kappa shape index (κ3) is 3.57. The summed E-state index contributed by atoms with van der Waals surface area (Å²) < 4.78 is 54.7. The van der Waals surface area contributed by atoms with Gasteiger partial charge in [0.25, 0.3) is 0 Å². The van der Waals surface area contributed by atoms with Crippen molar-refractivity contribution in [2.45, 2.75) is 17.4 Å². The molecule has 0 aliphatic carbocycles. The molecule has 2 rings (SSSR count). The lowest BCUT2D eigenvalue weighted by atomic mass is 10.2. The molecule has 1 unspecified atom stereocenters. The zero-order chi connectivity index (χ0) is 16.5. The van der Waals surface area contributed by atoms with Gasteiger partial charge in [-0.15, -0.1) is 0 Å². The number of nitrogens with one attached hydrogen (secondary N) is 1. The molecule has 0 bridgehead atoms. The number of benzene rings is 1. The molecule has 0 radical (unpaired) electrons. The zero-order valence-electron chi connectivity index (χ0n) is 11.6. The molecule has 8 nitrogen and oxygen atoms in total. The fourth-order valence-electron chi connectivity index (χ4n) is 2.19. The van der Waals surface area contributed by atoms with Crippen molar-refractivity contribution in [3.8, 4) is 5.75 Å². The van der Waals surface area contributed by atoms with Gasteiger partial charge >= 0.3 is 5.97 Å². The average molecular weight is 349 g/mol. The number of carboxylic acids is 1. The predicted molar refractivity (Wildman–Crippen MR) is 77.3 cm³/mol. The lowest BCUT2D eigenvalue weighted by Crippen LogP contribution is -2.35. The van der Waals surface area contributed by atoms with Crippen molar-refractivity contribution in [3.05, 3.63) is 23.8 Å². The average Bonchev–Trinajstić information content (AvgIpc) is 2.76. The highest BCUT2D eigenvalue weighted by atomic mass is 32.2. The number of sulfone groups is 1. The maximum atomic E-state index is 12.3. The van der Waals surface area contributed by atoms with E-state index in [0.29, 0.717) is 0 Å². The van der Waals surface area contributed by atoms with Crippen LogP contribution in [0.4, 0.5) is 0 Å². The fourth-order valence-corrected chi connectivity index (χ4v) is 5.39. The summed E-state index contributed by atoms with van der Waals surface area (Å²) in [5.41, 5.74) is -0.112. The maximum absolute atomic E-state index is 12.3. The van der Waals surface area contributed by atoms with Gasteiger partial charge in [0.05, 0.1) is 24.2 Å². The summed E-state index contributed by atoms with van der Waals surface area (Å²) in [6.07, 6.45) is 0.205. The Balaban J connectivity index is 2.31. The molecule has 1 fully saturated rings. The van der Waals surface area contributed by atoms with Crippen molar-refractivity contribution in [2.24, 2.45) is 0 Å². The third-order valence-electron chi connectivity index (χ3n) is 3.25.